The molecule has 2 amide bonds. The summed E-state index contributed by atoms with van der Waals surface area (Å²) < 4.78 is 5.37. The molecule has 2 heterocycles. The van der Waals surface area contributed by atoms with E-state index in [-0.39, 0.29) is 18.4 Å². The molecular weight excluding hydrogens is 282 g/mol. The van der Waals surface area contributed by atoms with Crippen LogP contribution in [0, 0.1) is 0 Å². The molecule has 0 aliphatic carbocycles. The molecule has 0 unspecified atom stereocenters. The van der Waals surface area contributed by atoms with Gasteiger partial charge in [0, 0.05) is 19.8 Å². The lowest BCUT2D eigenvalue weighted by atomic mass is 10.1. The number of pyridine rings is 1. The van der Waals surface area contributed by atoms with Gasteiger partial charge in [-0.1, -0.05) is 12.1 Å². The number of nitrogens with zero attached hydrogens (tertiary/aromatic N) is 2. The van der Waals surface area contributed by atoms with E-state index >= 15 is 0 Å². The number of nitrogens with one attached hydrogen (secondary N) is 1. The van der Waals surface area contributed by atoms with E-state index < -0.39 is 0 Å². The van der Waals surface area contributed by atoms with Gasteiger partial charge in [-0.05, 0) is 29.8 Å². The number of amides is 2. The molecule has 2 aromatic rings. The summed E-state index contributed by atoms with van der Waals surface area (Å²) in [5, 5.41) is 2.80. The first-order chi connectivity index (χ1) is 10.6. The minimum absolute atomic E-state index is 0.0548. The molecule has 0 atom stereocenters. The Morgan fingerprint density at radius 1 is 1.36 bits per heavy atom. The van der Waals surface area contributed by atoms with Gasteiger partial charge in [-0.2, -0.15) is 0 Å². The molecule has 0 spiro atoms. The Bertz CT molecular complexity index is 716. The molecule has 112 valence electrons. The molecule has 1 aliphatic rings. The van der Waals surface area contributed by atoms with Crippen molar-refractivity contribution in [3.8, 4) is 5.75 Å². The second kappa shape index (κ2) is 5.85. The third-order valence-corrected chi connectivity index (χ3v) is 3.46. The highest BCUT2D eigenvalue weighted by Gasteiger charge is 2.22. The maximum absolute atomic E-state index is 12.0. The standard InChI is InChI=1S/C16H15N3O3/c1-19-13-8-11(5-6-14(13)22-10-15(19)20)9-18-16(21)12-4-2-3-7-17-12/h2-8H,9-10H2,1H3,(H,18,21). The lowest BCUT2D eigenvalue weighted by Gasteiger charge is -2.26. The highest BCUT2D eigenvalue weighted by Crippen LogP contribution is 2.31. The van der Waals surface area contributed by atoms with Gasteiger partial charge in [0.1, 0.15) is 11.4 Å². The van der Waals surface area contributed by atoms with Crippen LogP contribution in [-0.2, 0) is 11.3 Å². The minimum atomic E-state index is -0.237. The predicted octanol–water partition coefficient (Wildman–Crippen LogP) is 1.37. The Balaban J connectivity index is 1.72. The van der Waals surface area contributed by atoms with Gasteiger partial charge in [0.15, 0.2) is 6.61 Å². The zero-order valence-electron chi connectivity index (χ0n) is 12.1. The molecule has 6 nitrogen and oxygen atoms in total. The Kier molecular flexibility index (Phi) is 3.74. The summed E-state index contributed by atoms with van der Waals surface area (Å²) in [6.07, 6.45) is 1.58. The van der Waals surface area contributed by atoms with Crippen LogP contribution in [-0.4, -0.2) is 30.5 Å². The van der Waals surface area contributed by atoms with Crippen molar-refractivity contribution in [1.82, 2.24) is 10.3 Å². The zero-order valence-corrected chi connectivity index (χ0v) is 12.1. The van der Waals surface area contributed by atoms with Crippen molar-refractivity contribution in [2.45, 2.75) is 6.54 Å². The van der Waals surface area contributed by atoms with Crippen LogP contribution in [0.25, 0.3) is 0 Å². The minimum Gasteiger partial charge on any atom is -0.482 e. The van der Waals surface area contributed by atoms with Crippen molar-refractivity contribution in [2.75, 3.05) is 18.6 Å². The number of hydrogen-bond acceptors (Lipinski definition) is 4. The lowest BCUT2D eigenvalue weighted by molar-refractivity contribution is -0.120. The molecule has 3 rings (SSSR count). The molecule has 0 fully saturated rings. The van der Waals surface area contributed by atoms with Crippen LogP contribution < -0.4 is 15.0 Å². The van der Waals surface area contributed by atoms with Crippen LogP contribution in [0.4, 0.5) is 5.69 Å². The van der Waals surface area contributed by atoms with E-state index in [9.17, 15) is 9.59 Å². The molecular formula is C16H15N3O3. The maximum Gasteiger partial charge on any atom is 0.270 e. The monoisotopic (exact) mass is 297 g/mol. The van der Waals surface area contributed by atoms with E-state index in [0.717, 1.165) is 5.56 Å². The topological polar surface area (TPSA) is 71.5 Å². The molecule has 1 aromatic carbocycles. The number of hydrogen-bond donors (Lipinski definition) is 1. The SMILES string of the molecule is CN1C(=O)COc2ccc(CNC(=O)c3ccccn3)cc21. The van der Waals surface area contributed by atoms with Crippen molar-refractivity contribution >= 4 is 17.5 Å². The van der Waals surface area contributed by atoms with E-state index in [1.165, 1.54) is 0 Å². The van der Waals surface area contributed by atoms with Crippen LogP contribution in [0.3, 0.4) is 0 Å². The summed E-state index contributed by atoms with van der Waals surface area (Å²) in [5.74, 6) is 0.336. The number of likely N-dealkylation sites (N-methyl/N-ethyl adjacent to an activating group) is 1. The quantitative estimate of drug-likeness (QED) is 0.928. The molecule has 0 radical (unpaired) electrons. The van der Waals surface area contributed by atoms with Gasteiger partial charge in [-0.25, -0.2) is 0 Å². The Morgan fingerprint density at radius 3 is 3.00 bits per heavy atom. The normalized spacial score (nSPS) is 13.3. The Hall–Kier alpha value is -2.89. The summed E-state index contributed by atoms with van der Waals surface area (Å²) in [6.45, 7) is 0.407. The van der Waals surface area contributed by atoms with Gasteiger partial charge in [0.05, 0.1) is 5.69 Å². The van der Waals surface area contributed by atoms with Crippen LogP contribution >= 0.6 is 0 Å². The summed E-state index contributed by atoms with van der Waals surface area (Å²) >= 11 is 0. The maximum atomic E-state index is 12.0. The number of carbonyl (C=O) groups is 2. The third-order valence-electron chi connectivity index (χ3n) is 3.46. The number of fused-ring (bicyclic) bond motifs is 1. The van der Waals surface area contributed by atoms with Crippen LogP contribution in [0.5, 0.6) is 5.75 Å². The number of benzene rings is 1. The van der Waals surface area contributed by atoms with Gasteiger partial charge in [0.2, 0.25) is 0 Å². The summed E-state index contributed by atoms with van der Waals surface area (Å²) in [7, 11) is 1.71. The van der Waals surface area contributed by atoms with Crippen molar-refractivity contribution < 1.29 is 14.3 Å². The fourth-order valence-corrected chi connectivity index (χ4v) is 2.20. The molecule has 22 heavy (non-hydrogen) atoms. The fourth-order valence-electron chi connectivity index (χ4n) is 2.20. The van der Waals surface area contributed by atoms with Crippen molar-refractivity contribution in [3.05, 3.63) is 53.9 Å². The average Bonchev–Trinajstić information content (AvgIpc) is 2.57. The first kappa shape index (κ1) is 14.1. The highest BCUT2D eigenvalue weighted by molar-refractivity contribution is 5.97. The van der Waals surface area contributed by atoms with Gasteiger partial charge in [0.25, 0.3) is 11.8 Å². The molecule has 0 bridgehead atoms. The lowest BCUT2D eigenvalue weighted by Crippen LogP contribution is -2.35. The van der Waals surface area contributed by atoms with Crippen LogP contribution in [0.1, 0.15) is 16.1 Å². The Labute approximate surface area is 127 Å². The second-order valence-electron chi connectivity index (χ2n) is 4.94. The summed E-state index contributed by atoms with van der Waals surface area (Å²) in [6, 6.07) is 10.7. The largest absolute Gasteiger partial charge is 0.482 e. The van der Waals surface area contributed by atoms with E-state index in [0.29, 0.717) is 23.7 Å². The fraction of sp³-hybridized carbons (Fsp3) is 0.188. The molecule has 0 saturated heterocycles. The smallest absolute Gasteiger partial charge is 0.270 e. The van der Waals surface area contributed by atoms with E-state index in [1.807, 2.05) is 12.1 Å². The number of ether oxygens (including phenoxy) is 1. The van der Waals surface area contributed by atoms with Gasteiger partial charge < -0.3 is 15.0 Å². The van der Waals surface area contributed by atoms with E-state index in [2.05, 4.69) is 10.3 Å². The van der Waals surface area contributed by atoms with Crippen molar-refractivity contribution in [3.63, 3.8) is 0 Å². The van der Waals surface area contributed by atoms with E-state index in [1.54, 1.807) is 42.4 Å². The van der Waals surface area contributed by atoms with Gasteiger partial charge in [-0.3, -0.25) is 14.6 Å². The third kappa shape index (κ3) is 2.76. The summed E-state index contributed by atoms with van der Waals surface area (Å²) in [5.41, 5.74) is 1.96. The summed E-state index contributed by atoms with van der Waals surface area (Å²) in [4.78, 5) is 29.2. The predicted molar refractivity (Wildman–Crippen MR) is 80.8 cm³/mol. The molecule has 1 aliphatic heterocycles. The van der Waals surface area contributed by atoms with Crippen molar-refractivity contribution in [2.24, 2.45) is 0 Å². The number of carbonyl (C=O) groups excluding carboxylic acids is 2. The average molecular weight is 297 g/mol. The molecule has 6 heteroatoms. The molecule has 1 N–H and O–H groups in total. The van der Waals surface area contributed by atoms with Gasteiger partial charge in [-0.15, -0.1) is 0 Å². The van der Waals surface area contributed by atoms with E-state index in [4.69, 9.17) is 4.74 Å². The molecule has 1 aromatic heterocycles. The highest BCUT2D eigenvalue weighted by atomic mass is 16.5. The zero-order chi connectivity index (χ0) is 15.5. The first-order valence-electron chi connectivity index (χ1n) is 6.86. The van der Waals surface area contributed by atoms with Crippen molar-refractivity contribution in [1.29, 1.82) is 0 Å². The Morgan fingerprint density at radius 2 is 2.23 bits per heavy atom. The first-order valence-corrected chi connectivity index (χ1v) is 6.86. The van der Waals surface area contributed by atoms with Crippen LogP contribution in [0.2, 0.25) is 0 Å². The second-order valence-corrected chi connectivity index (χ2v) is 4.94. The van der Waals surface area contributed by atoms with Gasteiger partial charge >= 0.3 is 0 Å². The molecule has 0 saturated carbocycles. The van der Waals surface area contributed by atoms with Crippen LogP contribution in [0.15, 0.2) is 42.6 Å². The number of aromatic nitrogens is 1. The number of rotatable bonds is 3. The number of anilines is 1.